The van der Waals surface area contributed by atoms with Crippen molar-refractivity contribution in [3.8, 4) is 0 Å². The molecule has 6 nitrogen and oxygen atoms in total. The summed E-state index contributed by atoms with van der Waals surface area (Å²) in [5.74, 6) is -0.243. The number of rotatable bonds is 3. The largest absolute Gasteiger partial charge is 0.349 e. The van der Waals surface area contributed by atoms with Crippen LogP contribution in [0.1, 0.15) is 56.5 Å². The Morgan fingerprint density at radius 2 is 2.04 bits per heavy atom. The Labute approximate surface area is 149 Å². The van der Waals surface area contributed by atoms with Crippen molar-refractivity contribution in [3.63, 3.8) is 0 Å². The van der Waals surface area contributed by atoms with Crippen molar-refractivity contribution in [2.24, 2.45) is 0 Å². The van der Waals surface area contributed by atoms with Crippen LogP contribution < -0.4 is 10.6 Å². The average Bonchev–Trinajstić information content (AvgIpc) is 2.45. The second kappa shape index (κ2) is 7.94. The quantitative estimate of drug-likeness (QED) is 0.644. The summed E-state index contributed by atoms with van der Waals surface area (Å²) in [6, 6.07) is 5.23. The number of nitro groups is 1. The normalized spacial score (nSPS) is 20.8. The summed E-state index contributed by atoms with van der Waals surface area (Å²) in [5, 5.41) is 17.7. The van der Waals surface area contributed by atoms with Crippen LogP contribution in [0.3, 0.4) is 0 Å². The van der Waals surface area contributed by atoms with Crippen LogP contribution in [0.4, 0.5) is 5.69 Å². The van der Waals surface area contributed by atoms with Gasteiger partial charge in [-0.1, -0.05) is 26.8 Å². The minimum Gasteiger partial charge on any atom is -0.349 e. The molecule has 1 saturated heterocycles. The number of nitrogens with one attached hydrogen (secondary N) is 2. The van der Waals surface area contributed by atoms with Crippen LogP contribution in [-0.4, -0.2) is 29.5 Å². The molecule has 7 heteroatoms. The zero-order valence-electron chi connectivity index (χ0n) is 14.6. The molecule has 2 unspecified atom stereocenters. The van der Waals surface area contributed by atoms with Crippen LogP contribution in [-0.2, 0) is 5.41 Å². The molecule has 0 saturated carbocycles. The van der Waals surface area contributed by atoms with Crippen molar-refractivity contribution < 1.29 is 9.72 Å². The topological polar surface area (TPSA) is 84.3 Å². The fourth-order valence-electron chi connectivity index (χ4n) is 2.99. The molecule has 134 valence electrons. The zero-order chi connectivity index (χ0) is 17.2. The molecule has 1 aromatic rings. The number of nitrogens with zero attached hydrogens (tertiary/aromatic N) is 1. The van der Waals surface area contributed by atoms with Gasteiger partial charge in [0.2, 0.25) is 0 Å². The molecule has 0 aliphatic carbocycles. The van der Waals surface area contributed by atoms with Crippen LogP contribution in [0.25, 0.3) is 0 Å². The molecule has 1 aromatic carbocycles. The summed E-state index contributed by atoms with van der Waals surface area (Å²) in [4.78, 5) is 23.3. The highest BCUT2D eigenvalue weighted by molar-refractivity contribution is 5.95. The van der Waals surface area contributed by atoms with Gasteiger partial charge >= 0.3 is 0 Å². The van der Waals surface area contributed by atoms with Crippen LogP contribution in [0.5, 0.6) is 0 Å². The third-order valence-electron chi connectivity index (χ3n) is 4.22. The van der Waals surface area contributed by atoms with Crippen molar-refractivity contribution in [2.75, 3.05) is 6.54 Å². The first-order valence-corrected chi connectivity index (χ1v) is 8.01. The second-order valence-corrected chi connectivity index (χ2v) is 7.29. The molecule has 0 spiro atoms. The SMILES string of the molecule is CC1CC(NC(=O)c2ccc(C(C)(C)C)c([N+](=O)[O-])c2)CCN1.Cl. The van der Waals surface area contributed by atoms with E-state index in [-0.39, 0.29) is 35.5 Å². The number of benzene rings is 1. The van der Waals surface area contributed by atoms with E-state index in [0.717, 1.165) is 19.4 Å². The Hall–Kier alpha value is -1.66. The van der Waals surface area contributed by atoms with Gasteiger partial charge in [-0.15, -0.1) is 12.4 Å². The van der Waals surface area contributed by atoms with E-state index in [9.17, 15) is 14.9 Å². The van der Waals surface area contributed by atoms with Gasteiger partial charge in [-0.05, 0) is 37.8 Å². The molecule has 1 aliphatic rings. The standard InChI is InChI=1S/C17H25N3O3.ClH/c1-11-9-13(7-8-18-11)19-16(21)12-5-6-14(17(2,3)4)15(10-12)20(22)23;/h5-6,10-11,13,18H,7-9H2,1-4H3,(H,19,21);1H. The van der Waals surface area contributed by atoms with E-state index in [1.54, 1.807) is 12.1 Å². The van der Waals surface area contributed by atoms with E-state index in [2.05, 4.69) is 17.6 Å². The van der Waals surface area contributed by atoms with E-state index in [4.69, 9.17) is 0 Å². The van der Waals surface area contributed by atoms with Crippen molar-refractivity contribution in [1.29, 1.82) is 0 Å². The van der Waals surface area contributed by atoms with E-state index in [1.807, 2.05) is 20.8 Å². The summed E-state index contributed by atoms with van der Waals surface area (Å²) in [6.45, 7) is 8.72. The van der Waals surface area contributed by atoms with Gasteiger partial charge in [0.1, 0.15) is 0 Å². The van der Waals surface area contributed by atoms with Gasteiger partial charge in [-0.25, -0.2) is 0 Å². The monoisotopic (exact) mass is 355 g/mol. The minimum atomic E-state index is -0.413. The smallest absolute Gasteiger partial charge is 0.273 e. The third kappa shape index (κ3) is 4.92. The van der Waals surface area contributed by atoms with Crippen LogP contribution in [0.2, 0.25) is 0 Å². The molecule has 1 amide bonds. The number of nitro benzene ring substituents is 1. The highest BCUT2D eigenvalue weighted by Gasteiger charge is 2.27. The summed E-state index contributed by atoms with van der Waals surface area (Å²) in [5.41, 5.74) is 0.635. The van der Waals surface area contributed by atoms with Crippen LogP contribution in [0, 0.1) is 10.1 Å². The molecule has 2 rings (SSSR count). The fourth-order valence-corrected chi connectivity index (χ4v) is 2.99. The molecule has 1 heterocycles. The first kappa shape index (κ1) is 20.4. The lowest BCUT2D eigenvalue weighted by Gasteiger charge is -2.28. The Morgan fingerprint density at radius 3 is 2.58 bits per heavy atom. The maximum Gasteiger partial charge on any atom is 0.273 e. The van der Waals surface area contributed by atoms with Gasteiger partial charge < -0.3 is 10.6 Å². The highest BCUT2D eigenvalue weighted by Crippen LogP contribution is 2.31. The molecule has 24 heavy (non-hydrogen) atoms. The number of piperidine rings is 1. The van der Waals surface area contributed by atoms with Gasteiger partial charge in [0.05, 0.1) is 4.92 Å². The van der Waals surface area contributed by atoms with Crippen molar-refractivity contribution in [2.45, 2.75) is 58.0 Å². The molecular formula is C17H26ClN3O3. The molecule has 2 atom stereocenters. The lowest BCUT2D eigenvalue weighted by molar-refractivity contribution is -0.386. The first-order chi connectivity index (χ1) is 10.7. The average molecular weight is 356 g/mol. The molecule has 2 N–H and O–H groups in total. The van der Waals surface area contributed by atoms with Gasteiger partial charge in [-0.2, -0.15) is 0 Å². The Kier molecular flexibility index (Phi) is 6.75. The number of carbonyl (C=O) groups excluding carboxylic acids is 1. The molecule has 1 fully saturated rings. The van der Waals surface area contributed by atoms with E-state index in [0.29, 0.717) is 17.2 Å². The summed E-state index contributed by atoms with van der Waals surface area (Å²) in [7, 11) is 0. The first-order valence-electron chi connectivity index (χ1n) is 8.01. The number of carbonyl (C=O) groups is 1. The predicted molar refractivity (Wildman–Crippen MR) is 97.0 cm³/mol. The number of halogens is 1. The van der Waals surface area contributed by atoms with E-state index in [1.165, 1.54) is 6.07 Å². The van der Waals surface area contributed by atoms with Crippen LogP contribution in [0.15, 0.2) is 18.2 Å². The van der Waals surface area contributed by atoms with Crippen molar-refractivity contribution in [3.05, 3.63) is 39.4 Å². The van der Waals surface area contributed by atoms with Gasteiger partial charge in [0.25, 0.3) is 11.6 Å². The van der Waals surface area contributed by atoms with Gasteiger partial charge in [0, 0.05) is 29.3 Å². The Morgan fingerprint density at radius 1 is 1.38 bits per heavy atom. The van der Waals surface area contributed by atoms with Crippen molar-refractivity contribution in [1.82, 2.24) is 10.6 Å². The van der Waals surface area contributed by atoms with E-state index < -0.39 is 4.92 Å². The molecule has 0 bridgehead atoms. The van der Waals surface area contributed by atoms with Gasteiger partial charge in [-0.3, -0.25) is 14.9 Å². The zero-order valence-corrected chi connectivity index (χ0v) is 15.4. The third-order valence-corrected chi connectivity index (χ3v) is 4.22. The summed E-state index contributed by atoms with van der Waals surface area (Å²) >= 11 is 0. The fraction of sp³-hybridized carbons (Fsp3) is 0.588. The maximum atomic E-state index is 12.4. The Bertz CT molecular complexity index is 614. The summed E-state index contributed by atoms with van der Waals surface area (Å²) in [6.07, 6.45) is 1.74. The molecule has 0 radical (unpaired) electrons. The molecular weight excluding hydrogens is 330 g/mol. The predicted octanol–water partition coefficient (Wildman–Crippen LogP) is 3.18. The highest BCUT2D eigenvalue weighted by atomic mass is 35.5. The molecule has 0 aromatic heterocycles. The number of amides is 1. The Balaban J connectivity index is 0.00000288. The van der Waals surface area contributed by atoms with E-state index >= 15 is 0 Å². The van der Waals surface area contributed by atoms with Gasteiger partial charge in [0.15, 0.2) is 0 Å². The maximum absolute atomic E-state index is 12.4. The molecule has 1 aliphatic heterocycles. The summed E-state index contributed by atoms with van der Waals surface area (Å²) < 4.78 is 0. The van der Waals surface area contributed by atoms with Crippen molar-refractivity contribution >= 4 is 24.0 Å². The lowest BCUT2D eigenvalue weighted by atomic mass is 9.85. The minimum absolute atomic E-state index is 0. The number of hydrogen-bond acceptors (Lipinski definition) is 4. The number of hydrogen-bond donors (Lipinski definition) is 2. The lowest BCUT2D eigenvalue weighted by Crippen LogP contribution is -2.46. The van der Waals surface area contributed by atoms with Crippen LogP contribution >= 0.6 is 12.4 Å². The second-order valence-electron chi connectivity index (χ2n) is 7.29.